The molecule has 30 heavy (non-hydrogen) atoms. The van der Waals surface area contributed by atoms with E-state index in [4.69, 9.17) is 33.0 Å². The van der Waals surface area contributed by atoms with Crippen molar-refractivity contribution in [2.75, 3.05) is 13.2 Å². The maximum atomic E-state index is 13.0. The summed E-state index contributed by atoms with van der Waals surface area (Å²) in [7, 11) is 0. The van der Waals surface area contributed by atoms with E-state index in [0.717, 1.165) is 16.9 Å². The van der Waals surface area contributed by atoms with Gasteiger partial charge in [0, 0.05) is 11.3 Å². The quantitative estimate of drug-likeness (QED) is 0.521. The average Bonchev–Trinajstić information content (AvgIpc) is 3.02. The lowest BCUT2D eigenvalue weighted by Gasteiger charge is -2.14. The second kappa shape index (κ2) is 8.10. The number of rotatable bonds is 8. The molecule has 1 fully saturated rings. The van der Waals surface area contributed by atoms with Gasteiger partial charge in [-0.3, -0.25) is 4.79 Å². The van der Waals surface area contributed by atoms with Crippen LogP contribution >= 0.6 is 34.5 Å². The summed E-state index contributed by atoms with van der Waals surface area (Å²) in [5.41, 5.74) is 3.97. The highest BCUT2D eigenvalue weighted by Gasteiger charge is 2.63. The summed E-state index contributed by atoms with van der Waals surface area (Å²) in [4.78, 5) is 15.2. The first-order valence-electron chi connectivity index (χ1n) is 10.2. The van der Waals surface area contributed by atoms with Crippen molar-refractivity contribution in [1.29, 1.82) is 0 Å². The van der Waals surface area contributed by atoms with Crippen LogP contribution in [0.3, 0.4) is 0 Å². The average molecular weight is 469 g/mol. The van der Waals surface area contributed by atoms with Crippen molar-refractivity contribution < 1.29 is 19.7 Å². The Labute approximate surface area is 190 Å². The van der Waals surface area contributed by atoms with Gasteiger partial charge >= 0.3 is 0 Å². The van der Waals surface area contributed by atoms with E-state index < -0.39 is 12.7 Å². The van der Waals surface area contributed by atoms with Crippen molar-refractivity contribution in [2.24, 2.45) is 11.3 Å². The summed E-state index contributed by atoms with van der Waals surface area (Å²) in [6.45, 7) is 6.29. The number of ketones is 1. The van der Waals surface area contributed by atoms with Gasteiger partial charge < -0.3 is 14.9 Å². The maximum Gasteiger partial charge on any atom is 0.173 e. The summed E-state index contributed by atoms with van der Waals surface area (Å²) >= 11 is 14.2. The van der Waals surface area contributed by atoms with Crippen LogP contribution in [-0.4, -0.2) is 35.3 Å². The smallest absolute Gasteiger partial charge is 0.173 e. The van der Waals surface area contributed by atoms with Crippen LogP contribution in [0, 0.1) is 18.3 Å². The normalized spacial score (nSPS) is 21.8. The van der Waals surface area contributed by atoms with E-state index in [-0.39, 0.29) is 18.1 Å². The Morgan fingerprint density at radius 1 is 1.33 bits per heavy atom. The highest BCUT2D eigenvalue weighted by atomic mass is 35.5. The number of aryl methyl sites for hydroxylation is 2. The van der Waals surface area contributed by atoms with Crippen LogP contribution in [0.1, 0.15) is 57.4 Å². The van der Waals surface area contributed by atoms with E-state index in [2.05, 4.69) is 20.8 Å². The molecule has 162 valence electrons. The lowest BCUT2D eigenvalue weighted by atomic mass is 9.94. The Morgan fingerprint density at radius 2 is 2.00 bits per heavy atom. The van der Waals surface area contributed by atoms with E-state index in [1.165, 1.54) is 16.0 Å². The van der Waals surface area contributed by atoms with E-state index in [1.807, 2.05) is 0 Å². The SMILES string of the molecule is Cc1sc(C(=O)CCc2cc(Cl)c(OC[C@@H](O)CO)c(Cl)c2)c2c1[C@H]1[C@@H](C2)C1(C)C. The Kier molecular flexibility index (Phi) is 5.97. The summed E-state index contributed by atoms with van der Waals surface area (Å²) < 4.78 is 5.42. The number of aliphatic hydroxyl groups excluding tert-OH is 2. The second-order valence-corrected chi connectivity index (χ2v) is 11.0. The van der Waals surface area contributed by atoms with E-state index >= 15 is 0 Å². The second-order valence-electron chi connectivity index (χ2n) is 8.95. The molecule has 3 atom stereocenters. The van der Waals surface area contributed by atoms with Gasteiger partial charge in [-0.2, -0.15) is 0 Å². The summed E-state index contributed by atoms with van der Waals surface area (Å²) in [6, 6.07) is 3.48. The number of fused-ring (bicyclic) bond motifs is 3. The van der Waals surface area contributed by atoms with Crippen LogP contribution in [-0.2, 0) is 12.8 Å². The van der Waals surface area contributed by atoms with E-state index in [1.54, 1.807) is 23.5 Å². The van der Waals surface area contributed by atoms with Crippen molar-refractivity contribution in [2.45, 2.75) is 52.1 Å². The molecular weight excluding hydrogens is 443 g/mol. The number of hydrogen-bond donors (Lipinski definition) is 2. The Balaban J connectivity index is 1.43. The van der Waals surface area contributed by atoms with Crippen molar-refractivity contribution >= 4 is 40.3 Å². The minimum Gasteiger partial charge on any atom is -0.488 e. The standard InChI is InChI=1S/C23H26Cl2O4S/c1-11-19-14(8-15-20(19)23(15,2)3)22(30-11)18(28)5-4-12-6-16(24)21(17(25)7-12)29-10-13(27)9-26/h6-7,13,15,20,26-27H,4-5,8-10H2,1-3H3/t13-,15+,20+/m0/s1. The van der Waals surface area contributed by atoms with Gasteiger partial charge in [0.05, 0.1) is 21.5 Å². The number of Topliss-reactive ketones (excluding diaryl/α,β-unsaturated/α-hetero) is 1. The van der Waals surface area contributed by atoms with Gasteiger partial charge in [0.15, 0.2) is 11.5 Å². The predicted octanol–water partition coefficient (Wildman–Crippen LogP) is 5.21. The lowest BCUT2D eigenvalue weighted by molar-refractivity contribution is 0.0537. The molecule has 0 unspecified atom stereocenters. The number of thiophene rings is 1. The van der Waals surface area contributed by atoms with Crippen molar-refractivity contribution in [3.05, 3.63) is 48.6 Å². The maximum absolute atomic E-state index is 13.0. The van der Waals surface area contributed by atoms with Gasteiger partial charge in [0.25, 0.3) is 0 Å². The fourth-order valence-corrected chi connectivity index (χ4v) is 6.70. The third kappa shape index (κ3) is 3.80. The lowest BCUT2D eigenvalue weighted by Crippen LogP contribution is -2.21. The van der Waals surface area contributed by atoms with Gasteiger partial charge in [0.2, 0.25) is 0 Å². The Hall–Kier alpha value is -1.11. The third-order valence-electron chi connectivity index (χ3n) is 6.60. The molecule has 7 heteroatoms. The molecule has 0 radical (unpaired) electrons. The van der Waals surface area contributed by atoms with Crippen LogP contribution in [0.25, 0.3) is 0 Å². The van der Waals surface area contributed by atoms with Crippen LogP contribution in [0.15, 0.2) is 12.1 Å². The number of carbonyl (C=O) groups is 1. The zero-order valence-corrected chi connectivity index (χ0v) is 19.6. The molecule has 2 aliphatic rings. The van der Waals surface area contributed by atoms with Gasteiger partial charge in [-0.25, -0.2) is 0 Å². The van der Waals surface area contributed by atoms with Crippen LogP contribution < -0.4 is 4.74 Å². The molecule has 0 saturated heterocycles. The molecule has 1 heterocycles. The fraction of sp³-hybridized carbons (Fsp3) is 0.522. The number of hydrogen-bond acceptors (Lipinski definition) is 5. The van der Waals surface area contributed by atoms with Gasteiger partial charge in [-0.15, -0.1) is 11.3 Å². The molecule has 2 N–H and O–H groups in total. The van der Waals surface area contributed by atoms with Gasteiger partial charge in [-0.1, -0.05) is 37.0 Å². The van der Waals surface area contributed by atoms with Crippen LogP contribution in [0.4, 0.5) is 0 Å². The molecule has 0 bridgehead atoms. The zero-order valence-electron chi connectivity index (χ0n) is 17.3. The van der Waals surface area contributed by atoms with E-state index in [0.29, 0.717) is 40.1 Å². The van der Waals surface area contributed by atoms with Crippen molar-refractivity contribution in [1.82, 2.24) is 0 Å². The first-order chi connectivity index (χ1) is 14.1. The summed E-state index contributed by atoms with van der Waals surface area (Å²) in [5, 5.41) is 19.0. The Bertz CT molecular complexity index is 974. The fourth-order valence-electron chi connectivity index (χ4n) is 4.86. The first kappa shape index (κ1) is 22.1. The highest BCUT2D eigenvalue weighted by molar-refractivity contribution is 7.14. The largest absolute Gasteiger partial charge is 0.488 e. The van der Waals surface area contributed by atoms with Crippen molar-refractivity contribution in [3.63, 3.8) is 0 Å². The van der Waals surface area contributed by atoms with Crippen molar-refractivity contribution in [3.8, 4) is 5.75 Å². The molecule has 4 nitrogen and oxygen atoms in total. The van der Waals surface area contributed by atoms with Gasteiger partial charge in [0.1, 0.15) is 12.7 Å². The van der Waals surface area contributed by atoms with E-state index in [9.17, 15) is 9.90 Å². The molecule has 1 aromatic carbocycles. The highest BCUT2D eigenvalue weighted by Crippen LogP contribution is 2.71. The minimum absolute atomic E-state index is 0.102. The first-order valence-corrected chi connectivity index (χ1v) is 11.8. The number of halogens is 2. The molecule has 1 saturated carbocycles. The topological polar surface area (TPSA) is 66.8 Å². The molecule has 1 aromatic heterocycles. The molecule has 2 aromatic rings. The molecule has 4 rings (SSSR count). The number of benzene rings is 1. The minimum atomic E-state index is -0.998. The van der Waals surface area contributed by atoms with Crippen LogP contribution in [0.5, 0.6) is 5.75 Å². The number of ether oxygens (including phenoxy) is 1. The Morgan fingerprint density at radius 3 is 2.63 bits per heavy atom. The molecule has 0 amide bonds. The van der Waals surface area contributed by atoms with Crippen LogP contribution in [0.2, 0.25) is 10.0 Å². The summed E-state index contributed by atoms with van der Waals surface area (Å²) in [6.07, 6.45) is 0.979. The van der Waals surface area contributed by atoms with Gasteiger partial charge in [-0.05, 0) is 65.8 Å². The predicted molar refractivity (Wildman–Crippen MR) is 120 cm³/mol. The monoisotopic (exact) mass is 468 g/mol. The molecule has 0 aliphatic heterocycles. The number of aliphatic hydroxyl groups is 2. The number of carbonyl (C=O) groups excluding carboxylic acids is 1. The summed E-state index contributed by atoms with van der Waals surface area (Å²) in [5.74, 6) is 1.77. The zero-order chi connectivity index (χ0) is 21.8. The molecular formula is C23H26Cl2O4S. The third-order valence-corrected chi connectivity index (χ3v) is 8.37. The molecule has 0 spiro atoms. The molecule has 2 aliphatic carbocycles.